The molecule has 2 aromatic carbocycles. The van der Waals surface area contributed by atoms with Gasteiger partial charge in [0.15, 0.2) is 22.5 Å². The molecule has 0 aliphatic carbocycles. The van der Waals surface area contributed by atoms with Crippen molar-refractivity contribution in [1.29, 1.82) is 0 Å². The molecule has 0 N–H and O–H groups in total. The minimum Gasteiger partial charge on any atom is -0.493 e. The molecule has 0 spiro atoms. The van der Waals surface area contributed by atoms with Crippen LogP contribution >= 0.6 is 11.8 Å². The normalized spacial score (nSPS) is 11.8. The van der Waals surface area contributed by atoms with Gasteiger partial charge < -0.3 is 14.2 Å². The van der Waals surface area contributed by atoms with Crippen molar-refractivity contribution in [3.05, 3.63) is 48.0 Å². The number of aryl methyl sites for hydroxylation is 1. The molecule has 0 unspecified atom stereocenters. The Bertz CT molecular complexity index is 1020. The van der Waals surface area contributed by atoms with Crippen molar-refractivity contribution < 1.29 is 19.0 Å². The van der Waals surface area contributed by atoms with Gasteiger partial charge in [0.25, 0.3) is 0 Å². The summed E-state index contributed by atoms with van der Waals surface area (Å²) in [5, 5.41) is 8.97. The number of carbonyl (C=O) groups is 1. The molecule has 3 aromatic rings. The second-order valence-electron chi connectivity index (χ2n) is 6.56. The molecule has 3 rings (SSSR count). The lowest BCUT2D eigenvalue weighted by molar-refractivity contribution is -0.142. The SMILES string of the molecule is CCOC(=O)[C@H](C)Sc1nnc(-c2ccc(OC)c(OC)c2)n1-c1ccc(C)cc1. The van der Waals surface area contributed by atoms with Crippen LogP contribution in [0.5, 0.6) is 11.5 Å². The number of rotatable bonds is 8. The number of benzene rings is 2. The Morgan fingerprint density at radius 3 is 2.40 bits per heavy atom. The third-order valence-electron chi connectivity index (χ3n) is 4.47. The number of esters is 1. The summed E-state index contributed by atoms with van der Waals surface area (Å²) in [6, 6.07) is 13.6. The zero-order valence-electron chi connectivity index (χ0n) is 17.7. The number of hydrogen-bond acceptors (Lipinski definition) is 7. The summed E-state index contributed by atoms with van der Waals surface area (Å²) in [6.45, 7) is 5.96. The van der Waals surface area contributed by atoms with Crippen LogP contribution in [0.1, 0.15) is 19.4 Å². The van der Waals surface area contributed by atoms with Crippen molar-refractivity contribution in [2.45, 2.75) is 31.2 Å². The molecule has 0 saturated heterocycles. The smallest absolute Gasteiger partial charge is 0.319 e. The highest BCUT2D eigenvalue weighted by Crippen LogP contribution is 2.35. The van der Waals surface area contributed by atoms with E-state index in [0.29, 0.717) is 29.1 Å². The molecule has 158 valence electrons. The molecule has 8 heteroatoms. The molecule has 0 amide bonds. The largest absolute Gasteiger partial charge is 0.493 e. The maximum Gasteiger partial charge on any atom is 0.319 e. The van der Waals surface area contributed by atoms with E-state index >= 15 is 0 Å². The molecule has 1 aromatic heterocycles. The summed E-state index contributed by atoms with van der Waals surface area (Å²) in [4.78, 5) is 12.1. The summed E-state index contributed by atoms with van der Waals surface area (Å²) in [5.74, 6) is 1.59. The van der Waals surface area contributed by atoms with E-state index in [2.05, 4.69) is 10.2 Å². The zero-order chi connectivity index (χ0) is 21.7. The maximum atomic E-state index is 12.1. The molecule has 30 heavy (non-hydrogen) atoms. The van der Waals surface area contributed by atoms with Crippen LogP contribution in [-0.2, 0) is 9.53 Å². The fourth-order valence-corrected chi connectivity index (χ4v) is 3.77. The molecule has 7 nitrogen and oxygen atoms in total. The lowest BCUT2D eigenvalue weighted by Crippen LogP contribution is -2.17. The number of nitrogens with zero attached hydrogens (tertiary/aromatic N) is 3. The third-order valence-corrected chi connectivity index (χ3v) is 5.49. The Hall–Kier alpha value is -3.00. The van der Waals surface area contributed by atoms with Gasteiger partial charge in [-0.05, 0) is 51.1 Å². The number of aromatic nitrogens is 3. The average molecular weight is 428 g/mol. The fourth-order valence-electron chi connectivity index (χ4n) is 2.90. The van der Waals surface area contributed by atoms with Crippen molar-refractivity contribution in [2.24, 2.45) is 0 Å². The average Bonchev–Trinajstić information content (AvgIpc) is 3.17. The van der Waals surface area contributed by atoms with E-state index in [0.717, 1.165) is 16.8 Å². The van der Waals surface area contributed by atoms with Gasteiger partial charge in [0.05, 0.1) is 20.8 Å². The van der Waals surface area contributed by atoms with Crippen LogP contribution < -0.4 is 9.47 Å². The van der Waals surface area contributed by atoms with Crippen LogP contribution in [0.25, 0.3) is 17.1 Å². The lowest BCUT2D eigenvalue weighted by Gasteiger charge is -2.14. The Kier molecular flexibility index (Phi) is 6.99. The summed E-state index contributed by atoms with van der Waals surface area (Å²) in [7, 11) is 3.19. The molecular weight excluding hydrogens is 402 g/mol. The van der Waals surface area contributed by atoms with Crippen LogP contribution in [0.15, 0.2) is 47.6 Å². The number of hydrogen-bond donors (Lipinski definition) is 0. The first-order valence-corrected chi connectivity index (χ1v) is 10.4. The van der Waals surface area contributed by atoms with E-state index in [1.54, 1.807) is 28.1 Å². The minimum atomic E-state index is -0.420. The topological polar surface area (TPSA) is 75.5 Å². The highest BCUT2D eigenvalue weighted by Gasteiger charge is 2.23. The Morgan fingerprint density at radius 2 is 1.77 bits per heavy atom. The van der Waals surface area contributed by atoms with E-state index in [1.165, 1.54) is 11.8 Å². The van der Waals surface area contributed by atoms with Gasteiger partial charge in [0.2, 0.25) is 0 Å². The van der Waals surface area contributed by atoms with E-state index in [4.69, 9.17) is 14.2 Å². The Labute approximate surface area is 180 Å². The second kappa shape index (κ2) is 9.67. The van der Waals surface area contributed by atoms with E-state index in [9.17, 15) is 4.79 Å². The Morgan fingerprint density at radius 1 is 1.07 bits per heavy atom. The van der Waals surface area contributed by atoms with Gasteiger partial charge in [-0.2, -0.15) is 0 Å². The number of thioether (sulfide) groups is 1. The summed E-state index contributed by atoms with van der Waals surface area (Å²) >= 11 is 1.31. The summed E-state index contributed by atoms with van der Waals surface area (Å²) in [6.07, 6.45) is 0. The predicted octanol–water partition coefficient (Wildman–Crippen LogP) is 4.30. The lowest BCUT2D eigenvalue weighted by atomic mass is 10.1. The predicted molar refractivity (Wildman–Crippen MR) is 117 cm³/mol. The monoisotopic (exact) mass is 427 g/mol. The van der Waals surface area contributed by atoms with Gasteiger partial charge in [0.1, 0.15) is 5.25 Å². The van der Waals surface area contributed by atoms with Crippen molar-refractivity contribution in [3.63, 3.8) is 0 Å². The molecule has 1 atom stereocenters. The molecule has 0 aliphatic heterocycles. The third kappa shape index (κ3) is 4.59. The molecule has 0 aliphatic rings. The van der Waals surface area contributed by atoms with E-state index in [1.807, 2.05) is 54.0 Å². The fraction of sp³-hybridized carbons (Fsp3) is 0.318. The maximum absolute atomic E-state index is 12.1. The van der Waals surface area contributed by atoms with Gasteiger partial charge in [-0.3, -0.25) is 9.36 Å². The standard InChI is InChI=1S/C22H25N3O4S/c1-6-29-21(26)15(3)30-22-24-23-20(25(22)17-10-7-14(2)8-11-17)16-9-12-18(27-4)19(13-16)28-5/h7-13,15H,6H2,1-5H3/t15-/m0/s1. The van der Waals surface area contributed by atoms with Crippen molar-refractivity contribution in [3.8, 4) is 28.6 Å². The first kappa shape index (κ1) is 21.7. The van der Waals surface area contributed by atoms with Gasteiger partial charge >= 0.3 is 5.97 Å². The quantitative estimate of drug-likeness (QED) is 0.392. The van der Waals surface area contributed by atoms with Crippen LogP contribution in [0, 0.1) is 6.92 Å². The first-order chi connectivity index (χ1) is 14.5. The highest BCUT2D eigenvalue weighted by atomic mass is 32.2. The first-order valence-electron chi connectivity index (χ1n) is 9.56. The van der Waals surface area contributed by atoms with Gasteiger partial charge in [-0.15, -0.1) is 10.2 Å². The van der Waals surface area contributed by atoms with Crippen LogP contribution in [-0.4, -0.2) is 46.8 Å². The molecule has 0 saturated carbocycles. The van der Waals surface area contributed by atoms with Gasteiger partial charge in [-0.1, -0.05) is 29.5 Å². The second-order valence-corrected chi connectivity index (χ2v) is 7.87. The summed E-state index contributed by atoms with van der Waals surface area (Å²) < 4.78 is 17.8. The van der Waals surface area contributed by atoms with Crippen molar-refractivity contribution in [2.75, 3.05) is 20.8 Å². The van der Waals surface area contributed by atoms with Crippen LogP contribution in [0.3, 0.4) is 0 Å². The van der Waals surface area contributed by atoms with Crippen LogP contribution in [0.4, 0.5) is 0 Å². The van der Waals surface area contributed by atoms with Gasteiger partial charge in [0, 0.05) is 11.3 Å². The van der Waals surface area contributed by atoms with Crippen molar-refractivity contribution >= 4 is 17.7 Å². The number of ether oxygens (including phenoxy) is 3. The molecule has 1 heterocycles. The Balaban J connectivity index is 2.09. The van der Waals surface area contributed by atoms with Crippen molar-refractivity contribution in [1.82, 2.24) is 14.8 Å². The number of carbonyl (C=O) groups excluding carboxylic acids is 1. The van der Waals surface area contributed by atoms with E-state index < -0.39 is 5.25 Å². The minimum absolute atomic E-state index is 0.284. The molecular formula is C22H25N3O4S. The molecule has 0 radical (unpaired) electrons. The molecule has 0 bridgehead atoms. The van der Waals surface area contributed by atoms with E-state index in [-0.39, 0.29) is 5.97 Å². The van der Waals surface area contributed by atoms with Gasteiger partial charge in [-0.25, -0.2) is 0 Å². The number of methoxy groups -OCH3 is 2. The highest BCUT2D eigenvalue weighted by molar-refractivity contribution is 8.00. The van der Waals surface area contributed by atoms with Crippen LogP contribution in [0.2, 0.25) is 0 Å². The summed E-state index contributed by atoms with van der Waals surface area (Å²) in [5.41, 5.74) is 2.86. The zero-order valence-corrected chi connectivity index (χ0v) is 18.5. The molecule has 0 fully saturated rings.